The summed E-state index contributed by atoms with van der Waals surface area (Å²) < 4.78 is 7.22. The molecule has 1 N–H and O–H groups in total. The first-order chi connectivity index (χ1) is 15.2. The van der Waals surface area contributed by atoms with Crippen LogP contribution in [0.3, 0.4) is 0 Å². The van der Waals surface area contributed by atoms with Gasteiger partial charge in [0.25, 0.3) is 17.6 Å². The molecule has 4 rings (SSSR count). The van der Waals surface area contributed by atoms with Gasteiger partial charge in [-0.1, -0.05) is 23.4 Å². The lowest BCUT2D eigenvalue weighted by Crippen LogP contribution is -2.28. The Bertz CT molecular complexity index is 1190. The number of amides is 1. The van der Waals surface area contributed by atoms with Gasteiger partial charge in [-0.05, 0) is 42.7 Å². The molecule has 0 radical (unpaired) electrons. The number of carbonyl (C=O) groups is 1. The van der Waals surface area contributed by atoms with Crippen LogP contribution in [0.5, 0.6) is 0 Å². The summed E-state index contributed by atoms with van der Waals surface area (Å²) in [5.74, 6) is -0.144. The quantitative estimate of drug-likeness (QED) is 0.373. The number of hydrogen-bond acceptors (Lipinski definition) is 5. The lowest BCUT2D eigenvalue weighted by atomic mass is 10.1. The molecule has 2 aromatic heterocycles. The van der Waals surface area contributed by atoms with E-state index >= 15 is 0 Å². The molecule has 152 valence electrons. The molecule has 0 unspecified atom stereocenters. The number of aromatic nitrogens is 3. The van der Waals surface area contributed by atoms with E-state index in [1.807, 2.05) is 36.7 Å². The molecule has 2 heterocycles. The average molecular weight is 410 g/mol. The Hall–Kier alpha value is -4.31. The standard InChI is InChI=1S/C24H19N5O2/c25-17-19-6-10-20(11-7-19)24-27-22(28-31-24)23(30)26-14-4-5-18-8-12-21(13-9-18)29-15-2-1-3-16-29/h1-3,6-13,15-16H,4-5,14H2/p+1. The van der Waals surface area contributed by atoms with Gasteiger partial charge in [0.1, 0.15) is 0 Å². The molecule has 4 aromatic rings. The van der Waals surface area contributed by atoms with Crippen molar-refractivity contribution in [2.75, 3.05) is 6.54 Å². The third kappa shape index (κ3) is 5.00. The van der Waals surface area contributed by atoms with Crippen molar-refractivity contribution in [3.8, 4) is 23.2 Å². The molecule has 0 saturated heterocycles. The van der Waals surface area contributed by atoms with Gasteiger partial charge in [0, 0.05) is 36.4 Å². The van der Waals surface area contributed by atoms with Crippen molar-refractivity contribution >= 4 is 5.91 Å². The third-order valence-electron chi connectivity index (χ3n) is 4.77. The van der Waals surface area contributed by atoms with Crippen LogP contribution in [-0.4, -0.2) is 22.6 Å². The molecule has 0 aliphatic heterocycles. The van der Waals surface area contributed by atoms with Crippen LogP contribution >= 0.6 is 0 Å². The summed E-state index contributed by atoms with van der Waals surface area (Å²) in [6.07, 6.45) is 5.66. The molecule has 0 fully saturated rings. The molecule has 0 saturated carbocycles. The second-order valence-corrected chi connectivity index (χ2v) is 6.92. The van der Waals surface area contributed by atoms with E-state index in [1.165, 1.54) is 5.56 Å². The zero-order valence-corrected chi connectivity index (χ0v) is 16.7. The predicted octanol–water partition coefficient (Wildman–Crippen LogP) is 3.25. The number of rotatable bonds is 7. The van der Waals surface area contributed by atoms with E-state index in [0.717, 1.165) is 18.5 Å². The van der Waals surface area contributed by atoms with Crippen LogP contribution in [0.15, 0.2) is 83.6 Å². The Labute approximate surface area is 179 Å². The van der Waals surface area contributed by atoms with Crippen molar-refractivity contribution in [2.24, 2.45) is 0 Å². The Morgan fingerprint density at radius 2 is 1.77 bits per heavy atom. The highest BCUT2D eigenvalue weighted by Gasteiger charge is 2.15. The van der Waals surface area contributed by atoms with Gasteiger partial charge < -0.3 is 9.84 Å². The van der Waals surface area contributed by atoms with Crippen molar-refractivity contribution in [2.45, 2.75) is 12.8 Å². The van der Waals surface area contributed by atoms with Crippen LogP contribution in [0.4, 0.5) is 0 Å². The third-order valence-corrected chi connectivity index (χ3v) is 4.77. The monoisotopic (exact) mass is 410 g/mol. The Morgan fingerprint density at radius 1 is 1.03 bits per heavy atom. The number of nitrogens with one attached hydrogen (secondary N) is 1. The lowest BCUT2D eigenvalue weighted by molar-refractivity contribution is -0.595. The topological polar surface area (TPSA) is 95.7 Å². The lowest BCUT2D eigenvalue weighted by Gasteiger charge is -2.03. The van der Waals surface area contributed by atoms with Gasteiger partial charge in [0.05, 0.1) is 11.6 Å². The number of carbonyl (C=O) groups excluding carboxylic acids is 1. The van der Waals surface area contributed by atoms with E-state index < -0.39 is 0 Å². The molecule has 1 amide bonds. The summed E-state index contributed by atoms with van der Waals surface area (Å²) in [4.78, 5) is 16.4. The molecule has 0 aliphatic rings. The van der Waals surface area contributed by atoms with Gasteiger partial charge in [-0.25, -0.2) is 0 Å². The first kappa shape index (κ1) is 20.0. The fourth-order valence-corrected chi connectivity index (χ4v) is 3.10. The Kier molecular flexibility index (Phi) is 6.10. The fraction of sp³-hybridized carbons (Fsp3) is 0.125. The maximum atomic E-state index is 12.3. The van der Waals surface area contributed by atoms with Crippen LogP contribution in [0.25, 0.3) is 17.1 Å². The van der Waals surface area contributed by atoms with E-state index in [1.54, 1.807) is 24.3 Å². The number of pyridine rings is 1. The van der Waals surface area contributed by atoms with Crippen LogP contribution in [0.1, 0.15) is 28.2 Å². The molecule has 7 heteroatoms. The second-order valence-electron chi connectivity index (χ2n) is 6.92. The molecule has 0 spiro atoms. The summed E-state index contributed by atoms with van der Waals surface area (Å²) in [5, 5.41) is 15.4. The van der Waals surface area contributed by atoms with Crippen molar-refractivity contribution in [1.29, 1.82) is 5.26 Å². The molecule has 31 heavy (non-hydrogen) atoms. The van der Waals surface area contributed by atoms with Crippen LogP contribution in [0.2, 0.25) is 0 Å². The fourth-order valence-electron chi connectivity index (χ4n) is 3.10. The van der Waals surface area contributed by atoms with Gasteiger partial charge in [0.15, 0.2) is 12.4 Å². The highest BCUT2D eigenvalue weighted by Crippen LogP contribution is 2.17. The molecular weight excluding hydrogens is 390 g/mol. The highest BCUT2D eigenvalue weighted by molar-refractivity contribution is 5.90. The summed E-state index contributed by atoms with van der Waals surface area (Å²) >= 11 is 0. The van der Waals surface area contributed by atoms with Gasteiger partial charge in [0.2, 0.25) is 5.69 Å². The first-order valence-electron chi connectivity index (χ1n) is 9.91. The van der Waals surface area contributed by atoms with Crippen LogP contribution in [-0.2, 0) is 6.42 Å². The van der Waals surface area contributed by atoms with E-state index in [-0.39, 0.29) is 17.6 Å². The molecule has 0 aliphatic carbocycles. The van der Waals surface area contributed by atoms with Gasteiger partial charge >= 0.3 is 0 Å². The van der Waals surface area contributed by atoms with Crippen molar-refractivity contribution < 1.29 is 13.9 Å². The van der Waals surface area contributed by atoms with E-state index in [0.29, 0.717) is 17.7 Å². The minimum atomic E-state index is -0.375. The minimum Gasteiger partial charge on any atom is -0.349 e. The van der Waals surface area contributed by atoms with E-state index in [4.69, 9.17) is 9.78 Å². The van der Waals surface area contributed by atoms with E-state index in [2.05, 4.69) is 44.3 Å². The first-order valence-corrected chi connectivity index (χ1v) is 9.91. The Morgan fingerprint density at radius 3 is 2.48 bits per heavy atom. The molecule has 2 aromatic carbocycles. The summed E-state index contributed by atoms with van der Waals surface area (Å²) in [6.45, 7) is 0.509. The zero-order chi connectivity index (χ0) is 21.5. The van der Waals surface area contributed by atoms with Crippen molar-refractivity contribution in [3.05, 3.63) is 96.1 Å². The SMILES string of the molecule is N#Cc1ccc(-c2nc(C(=O)NCCCc3ccc(-[n+]4ccccc4)cc3)no2)cc1. The number of aryl methyl sites for hydroxylation is 1. The van der Waals surface area contributed by atoms with Crippen molar-refractivity contribution in [1.82, 2.24) is 15.5 Å². The maximum absolute atomic E-state index is 12.3. The van der Waals surface area contributed by atoms with Gasteiger partial charge in [-0.2, -0.15) is 14.8 Å². The van der Waals surface area contributed by atoms with E-state index in [9.17, 15) is 4.79 Å². The average Bonchev–Trinajstić information content (AvgIpc) is 3.33. The molecule has 0 bridgehead atoms. The molecule has 0 atom stereocenters. The number of benzene rings is 2. The predicted molar refractivity (Wildman–Crippen MR) is 113 cm³/mol. The van der Waals surface area contributed by atoms with Crippen molar-refractivity contribution in [3.63, 3.8) is 0 Å². The second kappa shape index (κ2) is 9.46. The summed E-state index contributed by atoms with van der Waals surface area (Å²) in [6, 6.07) is 23.1. The number of nitriles is 1. The largest absolute Gasteiger partial charge is 0.349 e. The molecule has 7 nitrogen and oxygen atoms in total. The van der Waals surface area contributed by atoms with Gasteiger partial charge in [-0.3, -0.25) is 4.79 Å². The number of nitrogens with zero attached hydrogens (tertiary/aromatic N) is 4. The normalized spacial score (nSPS) is 10.4. The summed E-state index contributed by atoms with van der Waals surface area (Å²) in [5.41, 5.74) is 3.50. The minimum absolute atomic E-state index is 0.0106. The Balaban J connectivity index is 1.26. The summed E-state index contributed by atoms with van der Waals surface area (Å²) in [7, 11) is 0. The number of hydrogen-bond donors (Lipinski definition) is 1. The van der Waals surface area contributed by atoms with Crippen LogP contribution in [0, 0.1) is 11.3 Å². The molecular formula is C24H20N5O2+. The van der Waals surface area contributed by atoms with Crippen LogP contribution < -0.4 is 9.88 Å². The maximum Gasteiger partial charge on any atom is 0.292 e. The van der Waals surface area contributed by atoms with Gasteiger partial charge in [-0.15, -0.1) is 0 Å². The smallest absolute Gasteiger partial charge is 0.292 e. The highest BCUT2D eigenvalue weighted by atomic mass is 16.5. The zero-order valence-electron chi connectivity index (χ0n) is 16.7.